The molecular weight excluding hydrogens is 276 g/mol. The fourth-order valence-electron chi connectivity index (χ4n) is 3.12. The molecular formula is C18H28N2O2. The summed E-state index contributed by atoms with van der Waals surface area (Å²) in [6.07, 6.45) is 4.17. The SMILES string of the molecule is CC(C)Oc1ccc(C(C)NC(=O)C2(CN)CCCC2)cc1. The van der Waals surface area contributed by atoms with E-state index in [0.717, 1.165) is 37.0 Å². The van der Waals surface area contributed by atoms with E-state index in [-0.39, 0.29) is 23.5 Å². The van der Waals surface area contributed by atoms with Crippen molar-refractivity contribution in [1.82, 2.24) is 5.32 Å². The number of carbonyl (C=O) groups excluding carboxylic acids is 1. The predicted octanol–water partition coefficient (Wildman–Crippen LogP) is 3.17. The molecule has 1 unspecified atom stereocenters. The molecule has 1 aliphatic carbocycles. The summed E-state index contributed by atoms with van der Waals surface area (Å²) in [5.74, 6) is 0.953. The van der Waals surface area contributed by atoms with Crippen LogP contribution in [0.15, 0.2) is 24.3 Å². The van der Waals surface area contributed by atoms with Crippen LogP contribution in [0.1, 0.15) is 58.1 Å². The highest BCUT2D eigenvalue weighted by molar-refractivity contribution is 5.83. The molecule has 0 bridgehead atoms. The Morgan fingerprint density at radius 3 is 2.32 bits per heavy atom. The molecule has 0 radical (unpaired) electrons. The molecule has 0 aliphatic heterocycles. The molecule has 122 valence electrons. The lowest BCUT2D eigenvalue weighted by Crippen LogP contribution is -2.44. The van der Waals surface area contributed by atoms with E-state index >= 15 is 0 Å². The van der Waals surface area contributed by atoms with Gasteiger partial charge in [-0.2, -0.15) is 0 Å². The zero-order valence-electron chi connectivity index (χ0n) is 13.9. The van der Waals surface area contributed by atoms with E-state index in [1.165, 1.54) is 0 Å². The van der Waals surface area contributed by atoms with Gasteiger partial charge >= 0.3 is 0 Å². The molecule has 1 saturated carbocycles. The standard InChI is InChI=1S/C18H28N2O2/c1-13(2)22-16-8-6-15(7-9-16)14(3)20-17(21)18(12-19)10-4-5-11-18/h6-9,13-14H,4-5,10-12,19H2,1-3H3,(H,20,21). The van der Waals surface area contributed by atoms with Crippen molar-refractivity contribution in [3.05, 3.63) is 29.8 Å². The van der Waals surface area contributed by atoms with E-state index in [0.29, 0.717) is 6.54 Å². The summed E-state index contributed by atoms with van der Waals surface area (Å²) >= 11 is 0. The van der Waals surface area contributed by atoms with Crippen molar-refractivity contribution >= 4 is 5.91 Å². The molecule has 2 rings (SSSR count). The average molecular weight is 304 g/mol. The third-order valence-corrected chi connectivity index (χ3v) is 4.53. The molecule has 0 heterocycles. The van der Waals surface area contributed by atoms with Gasteiger partial charge in [0.05, 0.1) is 17.6 Å². The minimum absolute atomic E-state index is 0.0235. The van der Waals surface area contributed by atoms with E-state index in [4.69, 9.17) is 10.5 Å². The van der Waals surface area contributed by atoms with E-state index in [1.807, 2.05) is 45.0 Å². The lowest BCUT2D eigenvalue weighted by Gasteiger charge is -2.28. The van der Waals surface area contributed by atoms with Crippen LogP contribution in [0.25, 0.3) is 0 Å². The smallest absolute Gasteiger partial charge is 0.227 e. The zero-order valence-corrected chi connectivity index (χ0v) is 13.9. The first-order valence-electron chi connectivity index (χ1n) is 8.24. The van der Waals surface area contributed by atoms with Gasteiger partial charge in [-0.25, -0.2) is 0 Å². The second kappa shape index (κ2) is 7.14. The van der Waals surface area contributed by atoms with Crippen molar-refractivity contribution in [3.8, 4) is 5.75 Å². The Labute approximate surface area is 133 Å². The first-order valence-corrected chi connectivity index (χ1v) is 8.24. The summed E-state index contributed by atoms with van der Waals surface area (Å²) in [7, 11) is 0. The number of rotatable bonds is 6. The number of nitrogens with one attached hydrogen (secondary N) is 1. The van der Waals surface area contributed by atoms with Crippen molar-refractivity contribution in [3.63, 3.8) is 0 Å². The maximum Gasteiger partial charge on any atom is 0.227 e. The first kappa shape index (κ1) is 16.8. The number of benzene rings is 1. The summed E-state index contributed by atoms with van der Waals surface area (Å²) in [4.78, 5) is 12.6. The van der Waals surface area contributed by atoms with Crippen LogP contribution in [0, 0.1) is 5.41 Å². The van der Waals surface area contributed by atoms with Gasteiger partial charge < -0.3 is 15.8 Å². The lowest BCUT2D eigenvalue weighted by atomic mass is 9.85. The fourth-order valence-corrected chi connectivity index (χ4v) is 3.12. The van der Waals surface area contributed by atoms with Gasteiger partial charge in [0.1, 0.15) is 5.75 Å². The Kier molecular flexibility index (Phi) is 5.46. The van der Waals surface area contributed by atoms with Gasteiger partial charge in [0.15, 0.2) is 0 Å². The van der Waals surface area contributed by atoms with Crippen LogP contribution < -0.4 is 15.8 Å². The van der Waals surface area contributed by atoms with Crippen LogP contribution >= 0.6 is 0 Å². The van der Waals surface area contributed by atoms with Crippen molar-refractivity contribution in [1.29, 1.82) is 0 Å². The van der Waals surface area contributed by atoms with Crippen LogP contribution in [0.2, 0.25) is 0 Å². The van der Waals surface area contributed by atoms with Gasteiger partial charge in [-0.1, -0.05) is 25.0 Å². The lowest BCUT2D eigenvalue weighted by molar-refractivity contribution is -0.131. The molecule has 4 nitrogen and oxygen atoms in total. The third kappa shape index (κ3) is 3.80. The van der Waals surface area contributed by atoms with Crippen LogP contribution in [0.4, 0.5) is 0 Å². The largest absolute Gasteiger partial charge is 0.491 e. The van der Waals surface area contributed by atoms with Gasteiger partial charge in [0.2, 0.25) is 5.91 Å². The second-order valence-electron chi connectivity index (χ2n) is 6.62. The summed E-state index contributed by atoms with van der Waals surface area (Å²) in [5, 5.41) is 3.13. The minimum atomic E-state index is -0.352. The Hall–Kier alpha value is -1.55. The first-order chi connectivity index (χ1) is 10.5. The topological polar surface area (TPSA) is 64.3 Å². The van der Waals surface area contributed by atoms with E-state index in [2.05, 4.69) is 5.32 Å². The molecule has 4 heteroatoms. The number of hydrogen-bond acceptors (Lipinski definition) is 3. The monoisotopic (exact) mass is 304 g/mol. The molecule has 22 heavy (non-hydrogen) atoms. The maximum atomic E-state index is 12.6. The van der Waals surface area contributed by atoms with Crippen LogP contribution in [-0.2, 0) is 4.79 Å². The second-order valence-corrected chi connectivity index (χ2v) is 6.62. The van der Waals surface area contributed by atoms with Crippen LogP contribution in [0.3, 0.4) is 0 Å². The van der Waals surface area contributed by atoms with Crippen molar-refractivity contribution < 1.29 is 9.53 Å². The van der Waals surface area contributed by atoms with Crippen LogP contribution in [0.5, 0.6) is 5.75 Å². The van der Waals surface area contributed by atoms with Gasteiger partial charge in [0.25, 0.3) is 0 Å². The molecule has 0 aromatic heterocycles. The summed E-state index contributed by atoms with van der Waals surface area (Å²) < 4.78 is 5.64. The Balaban J connectivity index is 1.99. The Bertz CT molecular complexity index is 490. The highest BCUT2D eigenvalue weighted by Gasteiger charge is 2.40. The zero-order chi connectivity index (χ0) is 16.2. The van der Waals surface area contributed by atoms with Gasteiger partial charge in [-0.05, 0) is 51.3 Å². The molecule has 1 amide bonds. The highest BCUT2D eigenvalue weighted by Crippen LogP contribution is 2.37. The van der Waals surface area contributed by atoms with Gasteiger partial charge in [0, 0.05) is 6.54 Å². The van der Waals surface area contributed by atoms with Crippen molar-refractivity contribution in [2.24, 2.45) is 11.1 Å². The molecule has 1 fully saturated rings. The summed E-state index contributed by atoms with van der Waals surface area (Å²) in [6, 6.07) is 7.89. The number of ether oxygens (including phenoxy) is 1. The van der Waals surface area contributed by atoms with Crippen LogP contribution in [-0.4, -0.2) is 18.6 Å². The van der Waals surface area contributed by atoms with E-state index < -0.39 is 0 Å². The number of carbonyl (C=O) groups is 1. The molecule has 0 spiro atoms. The molecule has 0 saturated heterocycles. The van der Waals surface area contributed by atoms with Gasteiger partial charge in [-0.3, -0.25) is 4.79 Å². The molecule has 1 aromatic rings. The predicted molar refractivity (Wildman–Crippen MR) is 88.7 cm³/mol. The van der Waals surface area contributed by atoms with Crippen molar-refractivity contribution in [2.45, 2.75) is 58.6 Å². The molecule has 1 aliphatic rings. The minimum Gasteiger partial charge on any atom is -0.491 e. The van der Waals surface area contributed by atoms with Gasteiger partial charge in [-0.15, -0.1) is 0 Å². The molecule has 3 N–H and O–H groups in total. The quantitative estimate of drug-likeness (QED) is 0.848. The fraction of sp³-hybridized carbons (Fsp3) is 0.611. The number of nitrogens with two attached hydrogens (primary N) is 1. The normalized spacial score (nSPS) is 18.2. The maximum absolute atomic E-state index is 12.6. The third-order valence-electron chi connectivity index (χ3n) is 4.53. The van der Waals surface area contributed by atoms with Crippen molar-refractivity contribution in [2.75, 3.05) is 6.54 Å². The average Bonchev–Trinajstić information content (AvgIpc) is 2.97. The molecule has 1 aromatic carbocycles. The Morgan fingerprint density at radius 1 is 1.23 bits per heavy atom. The number of amides is 1. The Morgan fingerprint density at radius 2 is 1.82 bits per heavy atom. The number of hydrogen-bond donors (Lipinski definition) is 2. The molecule has 1 atom stereocenters. The van der Waals surface area contributed by atoms with E-state index in [1.54, 1.807) is 0 Å². The highest BCUT2D eigenvalue weighted by atomic mass is 16.5. The summed E-state index contributed by atoms with van der Waals surface area (Å²) in [5.41, 5.74) is 6.60. The van der Waals surface area contributed by atoms with E-state index in [9.17, 15) is 4.79 Å². The summed E-state index contributed by atoms with van der Waals surface area (Å²) in [6.45, 7) is 6.46.